The van der Waals surface area contributed by atoms with Gasteiger partial charge in [0.15, 0.2) is 5.17 Å². The fourth-order valence-corrected chi connectivity index (χ4v) is 3.10. The summed E-state index contributed by atoms with van der Waals surface area (Å²) in [5, 5.41) is 8.82. The summed E-state index contributed by atoms with van der Waals surface area (Å²) in [6, 6.07) is 9.00. The Bertz CT molecular complexity index is 802. The van der Waals surface area contributed by atoms with Gasteiger partial charge in [0.05, 0.1) is 39.0 Å². The molecular formula is C17H17N3O4S. The first-order valence-electron chi connectivity index (χ1n) is 7.50. The molecule has 1 fully saturated rings. The Kier molecular flexibility index (Phi) is 5.39. The second kappa shape index (κ2) is 7.89. The number of carbonyl (C=O) groups is 1. The van der Waals surface area contributed by atoms with E-state index < -0.39 is 0 Å². The summed E-state index contributed by atoms with van der Waals surface area (Å²) >= 11 is 1.35. The maximum atomic E-state index is 12.0. The topological polar surface area (TPSA) is 76.6 Å². The smallest absolute Gasteiger partial charge is 0.239 e. The van der Waals surface area contributed by atoms with Crippen molar-refractivity contribution in [3.8, 4) is 11.5 Å². The van der Waals surface area contributed by atoms with E-state index in [1.54, 1.807) is 55.9 Å². The number of benzene rings is 1. The molecule has 130 valence electrons. The molecule has 8 heteroatoms. The van der Waals surface area contributed by atoms with Crippen LogP contribution in [0.25, 0.3) is 0 Å². The second-order valence-electron chi connectivity index (χ2n) is 5.08. The van der Waals surface area contributed by atoms with Crippen molar-refractivity contribution >= 4 is 29.1 Å². The summed E-state index contributed by atoms with van der Waals surface area (Å²) in [6.07, 6.45) is 3.15. The maximum absolute atomic E-state index is 12.0. The molecule has 1 aliphatic heterocycles. The summed E-state index contributed by atoms with van der Waals surface area (Å²) in [5.74, 6) is 2.38. The third kappa shape index (κ3) is 4.03. The summed E-state index contributed by atoms with van der Waals surface area (Å²) in [6.45, 7) is 0.343. The van der Waals surface area contributed by atoms with Crippen LogP contribution in [-0.4, -0.2) is 42.2 Å². The molecule has 0 unspecified atom stereocenters. The molecule has 1 aromatic heterocycles. The van der Waals surface area contributed by atoms with Crippen LogP contribution in [0.15, 0.2) is 51.2 Å². The molecule has 3 rings (SSSR count). The Morgan fingerprint density at radius 2 is 2.20 bits per heavy atom. The van der Waals surface area contributed by atoms with Crippen LogP contribution in [0, 0.1) is 0 Å². The molecule has 2 heterocycles. The minimum Gasteiger partial charge on any atom is -0.497 e. The van der Waals surface area contributed by atoms with E-state index in [-0.39, 0.29) is 5.91 Å². The Morgan fingerprint density at radius 1 is 1.32 bits per heavy atom. The van der Waals surface area contributed by atoms with Gasteiger partial charge in [-0.3, -0.25) is 9.69 Å². The largest absolute Gasteiger partial charge is 0.497 e. The molecule has 0 N–H and O–H groups in total. The monoisotopic (exact) mass is 359 g/mol. The van der Waals surface area contributed by atoms with E-state index in [0.29, 0.717) is 34.7 Å². The fraction of sp³-hybridized carbons (Fsp3) is 0.235. The van der Waals surface area contributed by atoms with Crippen molar-refractivity contribution < 1.29 is 18.7 Å². The van der Waals surface area contributed by atoms with Gasteiger partial charge in [-0.05, 0) is 30.3 Å². The Hall–Kier alpha value is -2.74. The highest BCUT2D eigenvalue weighted by Gasteiger charge is 2.29. The minimum atomic E-state index is -0.0192. The van der Waals surface area contributed by atoms with Crippen LogP contribution in [0.5, 0.6) is 11.5 Å². The predicted molar refractivity (Wildman–Crippen MR) is 96.3 cm³/mol. The molecule has 0 atom stereocenters. The van der Waals surface area contributed by atoms with Crippen LogP contribution < -0.4 is 9.47 Å². The Labute approximate surface area is 149 Å². The van der Waals surface area contributed by atoms with Crippen molar-refractivity contribution in [3.63, 3.8) is 0 Å². The Morgan fingerprint density at radius 3 is 2.92 bits per heavy atom. The number of methoxy groups -OCH3 is 2. The normalized spacial score (nSPS) is 16.2. The van der Waals surface area contributed by atoms with Crippen molar-refractivity contribution in [3.05, 3.63) is 47.9 Å². The summed E-state index contributed by atoms with van der Waals surface area (Å²) in [4.78, 5) is 13.6. The quantitative estimate of drug-likeness (QED) is 0.585. The van der Waals surface area contributed by atoms with Crippen LogP contribution in [-0.2, 0) is 11.3 Å². The molecule has 1 amide bonds. The van der Waals surface area contributed by atoms with E-state index in [4.69, 9.17) is 13.9 Å². The fourth-order valence-electron chi connectivity index (χ4n) is 2.27. The SMILES string of the molecule is COc1ccc(OC)c(/C=N/N=C2\SCC(=O)N2Cc2ccco2)c1. The van der Waals surface area contributed by atoms with Crippen molar-refractivity contribution in [2.75, 3.05) is 20.0 Å². The zero-order chi connectivity index (χ0) is 17.6. The van der Waals surface area contributed by atoms with Gasteiger partial charge in [0.1, 0.15) is 17.3 Å². The second-order valence-corrected chi connectivity index (χ2v) is 6.03. The van der Waals surface area contributed by atoms with Crippen LogP contribution in [0.3, 0.4) is 0 Å². The standard InChI is InChI=1S/C17H17N3O4S/c1-22-13-5-6-15(23-2)12(8-13)9-18-19-17-20(16(21)11-25-17)10-14-4-3-7-24-14/h3-9H,10-11H2,1-2H3/b18-9+,19-17-. The van der Waals surface area contributed by atoms with E-state index >= 15 is 0 Å². The molecule has 7 nitrogen and oxygen atoms in total. The maximum Gasteiger partial charge on any atom is 0.239 e. The van der Waals surface area contributed by atoms with Crippen LogP contribution in [0.4, 0.5) is 0 Å². The van der Waals surface area contributed by atoms with Gasteiger partial charge in [0.2, 0.25) is 5.91 Å². The number of amidine groups is 1. The minimum absolute atomic E-state index is 0.0192. The molecule has 2 aromatic rings. The molecular weight excluding hydrogens is 342 g/mol. The molecule has 0 saturated carbocycles. The molecule has 1 aromatic carbocycles. The van der Waals surface area contributed by atoms with E-state index in [9.17, 15) is 4.79 Å². The lowest BCUT2D eigenvalue weighted by Crippen LogP contribution is -2.28. The number of thioether (sulfide) groups is 1. The molecule has 0 bridgehead atoms. The number of rotatable bonds is 6. The number of amides is 1. The van der Waals surface area contributed by atoms with Crippen molar-refractivity contribution in [1.29, 1.82) is 0 Å². The molecule has 0 radical (unpaired) electrons. The summed E-state index contributed by atoms with van der Waals surface area (Å²) in [7, 11) is 3.18. The van der Waals surface area contributed by atoms with Gasteiger partial charge in [0.25, 0.3) is 0 Å². The Balaban J connectivity index is 1.78. The number of carbonyl (C=O) groups excluding carboxylic acids is 1. The van der Waals surface area contributed by atoms with E-state index in [0.717, 1.165) is 5.56 Å². The van der Waals surface area contributed by atoms with Crippen LogP contribution in [0.2, 0.25) is 0 Å². The number of nitrogens with zero attached hydrogens (tertiary/aromatic N) is 3. The van der Waals surface area contributed by atoms with Gasteiger partial charge < -0.3 is 13.9 Å². The van der Waals surface area contributed by atoms with Gasteiger partial charge in [0, 0.05) is 5.56 Å². The third-order valence-corrected chi connectivity index (χ3v) is 4.48. The van der Waals surface area contributed by atoms with Crippen molar-refractivity contribution in [2.45, 2.75) is 6.54 Å². The predicted octanol–water partition coefficient (Wildman–Crippen LogP) is 2.76. The van der Waals surface area contributed by atoms with E-state index in [2.05, 4.69) is 10.2 Å². The third-order valence-electron chi connectivity index (χ3n) is 3.53. The van der Waals surface area contributed by atoms with Gasteiger partial charge >= 0.3 is 0 Å². The first kappa shape index (κ1) is 17.1. The van der Waals surface area contributed by atoms with Crippen LogP contribution >= 0.6 is 11.8 Å². The average Bonchev–Trinajstić information content (AvgIpc) is 3.27. The molecule has 25 heavy (non-hydrogen) atoms. The highest BCUT2D eigenvalue weighted by molar-refractivity contribution is 8.15. The van der Waals surface area contributed by atoms with Gasteiger partial charge in [-0.1, -0.05) is 11.8 Å². The van der Waals surface area contributed by atoms with E-state index in [1.165, 1.54) is 11.8 Å². The molecule has 1 saturated heterocycles. The zero-order valence-corrected chi connectivity index (χ0v) is 14.7. The molecule has 0 spiro atoms. The summed E-state index contributed by atoms with van der Waals surface area (Å²) in [5.41, 5.74) is 0.734. The lowest BCUT2D eigenvalue weighted by Gasteiger charge is -2.12. The van der Waals surface area contributed by atoms with Crippen molar-refractivity contribution in [2.24, 2.45) is 10.2 Å². The lowest BCUT2D eigenvalue weighted by atomic mass is 10.2. The number of furan rings is 1. The van der Waals surface area contributed by atoms with Gasteiger partial charge in [-0.2, -0.15) is 5.10 Å². The van der Waals surface area contributed by atoms with Gasteiger partial charge in [-0.25, -0.2) is 0 Å². The number of hydrogen-bond donors (Lipinski definition) is 0. The zero-order valence-electron chi connectivity index (χ0n) is 13.8. The highest BCUT2D eigenvalue weighted by Crippen LogP contribution is 2.24. The van der Waals surface area contributed by atoms with Crippen LogP contribution in [0.1, 0.15) is 11.3 Å². The summed E-state index contributed by atoms with van der Waals surface area (Å²) < 4.78 is 15.8. The average molecular weight is 359 g/mol. The number of hydrogen-bond acceptors (Lipinski definition) is 7. The first-order chi connectivity index (χ1) is 12.2. The first-order valence-corrected chi connectivity index (χ1v) is 8.48. The molecule has 0 aliphatic carbocycles. The highest BCUT2D eigenvalue weighted by atomic mass is 32.2. The van der Waals surface area contributed by atoms with Gasteiger partial charge in [-0.15, -0.1) is 5.10 Å². The lowest BCUT2D eigenvalue weighted by molar-refractivity contribution is -0.124. The van der Waals surface area contributed by atoms with Crippen molar-refractivity contribution in [1.82, 2.24) is 4.90 Å². The van der Waals surface area contributed by atoms with E-state index in [1.807, 2.05) is 6.07 Å². The molecule has 1 aliphatic rings. The number of ether oxygens (including phenoxy) is 2.